The molecule has 1 aromatic carbocycles. The normalized spacial score (nSPS) is 9.62. The number of ether oxygens (including phenoxy) is 1. The van der Waals surface area contributed by atoms with Gasteiger partial charge in [0.15, 0.2) is 0 Å². The highest BCUT2D eigenvalue weighted by atomic mass is 35.5. The van der Waals surface area contributed by atoms with Crippen LogP contribution in [0.1, 0.15) is 34.0 Å². The molecule has 0 fully saturated rings. The van der Waals surface area contributed by atoms with Crippen LogP contribution in [0.25, 0.3) is 0 Å². The van der Waals surface area contributed by atoms with Crippen molar-refractivity contribution >= 4 is 17.6 Å². The van der Waals surface area contributed by atoms with Crippen LogP contribution in [-0.2, 0) is 10.6 Å². The molecule has 0 aliphatic carbocycles. The van der Waals surface area contributed by atoms with E-state index < -0.39 is 5.97 Å². The number of hydrogen-bond acceptors (Lipinski definition) is 3. The van der Waals surface area contributed by atoms with Crippen molar-refractivity contribution < 1.29 is 9.53 Å². The summed E-state index contributed by atoms with van der Waals surface area (Å²) in [6.45, 7) is 3.85. The molecule has 0 atom stereocenters. The Morgan fingerprint density at radius 1 is 1.56 bits per heavy atom. The SMILES string of the molecule is CCOC(=O)c1c(C#N)cc(C)cc1CCl. The van der Waals surface area contributed by atoms with E-state index in [-0.39, 0.29) is 18.1 Å². The third-order valence-corrected chi connectivity index (χ3v) is 2.40. The highest BCUT2D eigenvalue weighted by Crippen LogP contribution is 2.20. The number of carbonyl (C=O) groups is 1. The maximum absolute atomic E-state index is 11.7. The molecular formula is C12H12ClNO2. The van der Waals surface area contributed by atoms with Gasteiger partial charge in [0.05, 0.1) is 17.7 Å². The predicted octanol–water partition coefficient (Wildman–Crippen LogP) is 2.78. The van der Waals surface area contributed by atoms with Gasteiger partial charge in [0, 0.05) is 5.88 Å². The fraction of sp³-hybridized carbons (Fsp3) is 0.333. The lowest BCUT2D eigenvalue weighted by Crippen LogP contribution is -2.10. The van der Waals surface area contributed by atoms with Crippen LogP contribution in [0, 0.1) is 18.3 Å². The first kappa shape index (κ1) is 12.5. The smallest absolute Gasteiger partial charge is 0.339 e. The molecule has 0 saturated carbocycles. The van der Waals surface area contributed by atoms with Crippen molar-refractivity contribution in [1.29, 1.82) is 5.26 Å². The standard InChI is InChI=1S/C12H12ClNO2/c1-3-16-12(15)11-9(6-13)4-8(2)5-10(11)7-14/h4-5H,3,6H2,1-2H3. The van der Waals surface area contributed by atoms with E-state index in [4.69, 9.17) is 21.6 Å². The van der Waals surface area contributed by atoms with Crippen LogP contribution in [0.4, 0.5) is 0 Å². The van der Waals surface area contributed by atoms with E-state index in [2.05, 4.69) is 0 Å². The van der Waals surface area contributed by atoms with E-state index in [1.165, 1.54) is 0 Å². The van der Waals surface area contributed by atoms with E-state index in [1.807, 2.05) is 13.0 Å². The largest absolute Gasteiger partial charge is 0.462 e. The first-order valence-electron chi connectivity index (χ1n) is 4.90. The van der Waals surface area contributed by atoms with Gasteiger partial charge < -0.3 is 4.74 Å². The van der Waals surface area contributed by atoms with Crippen LogP contribution in [0.3, 0.4) is 0 Å². The molecule has 0 bridgehead atoms. The molecule has 0 aliphatic rings. The predicted molar refractivity (Wildman–Crippen MR) is 61.4 cm³/mol. The number of esters is 1. The number of hydrogen-bond donors (Lipinski definition) is 0. The monoisotopic (exact) mass is 237 g/mol. The summed E-state index contributed by atoms with van der Waals surface area (Å²) in [6.07, 6.45) is 0. The Bertz CT molecular complexity index is 449. The van der Waals surface area contributed by atoms with Gasteiger partial charge in [-0.1, -0.05) is 6.07 Å². The van der Waals surface area contributed by atoms with Crippen molar-refractivity contribution in [1.82, 2.24) is 0 Å². The van der Waals surface area contributed by atoms with Gasteiger partial charge in [0.1, 0.15) is 6.07 Å². The summed E-state index contributed by atoms with van der Waals surface area (Å²) in [5, 5.41) is 8.98. The molecule has 16 heavy (non-hydrogen) atoms. The minimum absolute atomic E-state index is 0.185. The maximum Gasteiger partial charge on any atom is 0.339 e. The molecule has 0 aliphatic heterocycles. The molecule has 3 nitrogen and oxygen atoms in total. The minimum atomic E-state index is -0.491. The van der Waals surface area contributed by atoms with E-state index in [0.29, 0.717) is 11.1 Å². The fourth-order valence-corrected chi connectivity index (χ4v) is 1.71. The van der Waals surface area contributed by atoms with Crippen LogP contribution < -0.4 is 0 Å². The Hall–Kier alpha value is -1.53. The Kier molecular flexibility index (Phi) is 4.33. The van der Waals surface area contributed by atoms with Gasteiger partial charge in [-0.2, -0.15) is 5.26 Å². The van der Waals surface area contributed by atoms with Crippen LogP contribution in [-0.4, -0.2) is 12.6 Å². The summed E-state index contributed by atoms with van der Waals surface area (Å²) in [5.41, 5.74) is 2.14. The number of rotatable bonds is 3. The van der Waals surface area contributed by atoms with Gasteiger partial charge in [-0.3, -0.25) is 0 Å². The molecular weight excluding hydrogens is 226 g/mol. The second kappa shape index (κ2) is 5.53. The van der Waals surface area contributed by atoms with Crippen LogP contribution in [0.2, 0.25) is 0 Å². The topological polar surface area (TPSA) is 50.1 Å². The second-order valence-electron chi connectivity index (χ2n) is 3.31. The van der Waals surface area contributed by atoms with Gasteiger partial charge in [0.25, 0.3) is 0 Å². The number of aryl methyl sites for hydroxylation is 1. The molecule has 0 radical (unpaired) electrons. The summed E-state index contributed by atoms with van der Waals surface area (Å²) < 4.78 is 4.90. The molecule has 0 saturated heterocycles. The highest BCUT2D eigenvalue weighted by Gasteiger charge is 2.17. The van der Waals surface area contributed by atoms with E-state index in [0.717, 1.165) is 5.56 Å². The zero-order valence-electron chi connectivity index (χ0n) is 9.21. The summed E-state index contributed by atoms with van der Waals surface area (Å²) >= 11 is 5.76. The zero-order chi connectivity index (χ0) is 12.1. The van der Waals surface area contributed by atoms with Crippen LogP contribution >= 0.6 is 11.6 Å². The maximum atomic E-state index is 11.7. The lowest BCUT2D eigenvalue weighted by Gasteiger charge is -2.09. The summed E-state index contributed by atoms with van der Waals surface area (Å²) in [4.78, 5) is 11.7. The molecule has 0 aromatic heterocycles. The molecule has 0 heterocycles. The quantitative estimate of drug-likeness (QED) is 0.600. The molecule has 1 aromatic rings. The van der Waals surface area contributed by atoms with Crippen molar-refractivity contribution in [3.63, 3.8) is 0 Å². The number of nitrogens with zero attached hydrogens (tertiary/aromatic N) is 1. The van der Waals surface area contributed by atoms with Crippen LogP contribution in [0.5, 0.6) is 0 Å². The van der Waals surface area contributed by atoms with Crippen molar-refractivity contribution in [3.8, 4) is 6.07 Å². The number of alkyl halides is 1. The molecule has 4 heteroatoms. The Morgan fingerprint density at radius 3 is 2.75 bits per heavy atom. The Morgan fingerprint density at radius 2 is 2.25 bits per heavy atom. The van der Waals surface area contributed by atoms with Gasteiger partial charge >= 0.3 is 5.97 Å². The Labute approximate surface area is 99.6 Å². The van der Waals surface area contributed by atoms with Gasteiger partial charge in [-0.15, -0.1) is 11.6 Å². The average Bonchev–Trinajstić information content (AvgIpc) is 2.27. The molecule has 0 spiro atoms. The second-order valence-corrected chi connectivity index (χ2v) is 3.58. The fourth-order valence-electron chi connectivity index (χ4n) is 1.50. The summed E-state index contributed by atoms with van der Waals surface area (Å²) in [6, 6.07) is 5.44. The molecule has 0 N–H and O–H groups in total. The van der Waals surface area contributed by atoms with Crippen LogP contribution in [0.15, 0.2) is 12.1 Å². The van der Waals surface area contributed by atoms with Gasteiger partial charge in [-0.25, -0.2) is 4.79 Å². The lowest BCUT2D eigenvalue weighted by atomic mass is 9.99. The highest BCUT2D eigenvalue weighted by molar-refractivity contribution is 6.17. The third-order valence-electron chi connectivity index (χ3n) is 2.11. The van der Waals surface area contributed by atoms with E-state index >= 15 is 0 Å². The third kappa shape index (κ3) is 2.53. The first-order chi connectivity index (χ1) is 7.63. The zero-order valence-corrected chi connectivity index (χ0v) is 9.97. The summed E-state index contributed by atoms with van der Waals surface area (Å²) in [5.74, 6) is -0.306. The number of benzene rings is 1. The minimum Gasteiger partial charge on any atom is -0.462 e. The molecule has 0 unspecified atom stereocenters. The Balaban J connectivity index is 3.34. The molecule has 84 valence electrons. The first-order valence-corrected chi connectivity index (χ1v) is 5.44. The van der Waals surface area contributed by atoms with Crippen molar-refractivity contribution in [3.05, 3.63) is 34.4 Å². The molecule has 1 rings (SSSR count). The van der Waals surface area contributed by atoms with Crippen molar-refractivity contribution in [2.24, 2.45) is 0 Å². The van der Waals surface area contributed by atoms with Gasteiger partial charge in [-0.05, 0) is 31.0 Å². The van der Waals surface area contributed by atoms with E-state index in [9.17, 15) is 4.79 Å². The van der Waals surface area contributed by atoms with Crippen molar-refractivity contribution in [2.45, 2.75) is 19.7 Å². The number of carbonyl (C=O) groups excluding carboxylic acids is 1. The van der Waals surface area contributed by atoms with E-state index in [1.54, 1.807) is 19.1 Å². The lowest BCUT2D eigenvalue weighted by molar-refractivity contribution is 0.0525. The summed E-state index contributed by atoms with van der Waals surface area (Å²) in [7, 11) is 0. The number of nitriles is 1. The molecule has 0 amide bonds. The van der Waals surface area contributed by atoms with Gasteiger partial charge in [0.2, 0.25) is 0 Å². The van der Waals surface area contributed by atoms with Crippen molar-refractivity contribution in [2.75, 3.05) is 6.61 Å². The average molecular weight is 238 g/mol. The number of halogens is 1.